The molecule has 1 amide bonds. The van der Waals surface area contributed by atoms with Crippen molar-refractivity contribution in [2.24, 2.45) is 5.92 Å². The van der Waals surface area contributed by atoms with E-state index in [0.29, 0.717) is 5.57 Å². The van der Waals surface area contributed by atoms with Crippen LogP contribution < -0.4 is 16.0 Å². The molecule has 0 radical (unpaired) electrons. The van der Waals surface area contributed by atoms with E-state index in [2.05, 4.69) is 20.6 Å². The highest BCUT2D eigenvalue weighted by molar-refractivity contribution is 5.84. The van der Waals surface area contributed by atoms with Crippen molar-refractivity contribution in [3.63, 3.8) is 0 Å². The molecule has 1 aromatic rings. The molecule has 0 bridgehead atoms. The summed E-state index contributed by atoms with van der Waals surface area (Å²) in [6.45, 7) is 1.71. The minimum atomic E-state index is -4.55. The van der Waals surface area contributed by atoms with Crippen molar-refractivity contribution < 1.29 is 27.5 Å². The summed E-state index contributed by atoms with van der Waals surface area (Å²) in [5.74, 6) is -2.44. The summed E-state index contributed by atoms with van der Waals surface area (Å²) in [6.07, 6.45) is -0.158. The molecule has 0 fully saturated rings. The first-order valence-corrected chi connectivity index (χ1v) is 8.03. The Balaban J connectivity index is 2.19. The molecule has 2 atom stereocenters. The van der Waals surface area contributed by atoms with Crippen molar-refractivity contribution in [2.75, 3.05) is 11.9 Å². The topological polar surface area (TPSA) is 99.2 Å². The van der Waals surface area contributed by atoms with Crippen LogP contribution in [0.4, 0.5) is 23.4 Å². The number of anilines is 1. The van der Waals surface area contributed by atoms with Gasteiger partial charge in [-0.1, -0.05) is 13.8 Å². The molecule has 148 valence electrons. The summed E-state index contributed by atoms with van der Waals surface area (Å²) < 4.78 is 51.0. The zero-order valence-electron chi connectivity index (χ0n) is 14.5. The van der Waals surface area contributed by atoms with Crippen LogP contribution in [0.15, 0.2) is 24.5 Å². The standard InChI is InChI=1S/C16H19F4N5O2/c1-8(2)12(15(27)23-7-16(18,19)20)24-14-10(17)6-22-13(25-14)9-3-4-11(26)21-5-9/h3-6,8,11-12,21,26H,7H2,1-2H3,(H,23,27)(H,22,24,25)/t11?,12-/m1/s1. The number of hydrogen-bond acceptors (Lipinski definition) is 6. The Labute approximate surface area is 152 Å². The number of rotatable bonds is 6. The third kappa shape index (κ3) is 5.91. The van der Waals surface area contributed by atoms with Gasteiger partial charge in [-0.05, 0) is 18.1 Å². The fourth-order valence-electron chi connectivity index (χ4n) is 2.20. The third-order valence-electron chi connectivity index (χ3n) is 3.57. The highest BCUT2D eigenvalue weighted by Gasteiger charge is 2.31. The smallest absolute Gasteiger partial charge is 0.370 e. The minimum absolute atomic E-state index is 0.104. The number of nitrogens with zero attached hydrogens (tertiary/aromatic N) is 2. The highest BCUT2D eigenvalue weighted by atomic mass is 19.4. The molecule has 4 N–H and O–H groups in total. The maximum atomic E-state index is 14.1. The van der Waals surface area contributed by atoms with E-state index < -0.39 is 42.6 Å². The Bertz CT molecular complexity index is 749. The van der Waals surface area contributed by atoms with Crippen LogP contribution >= 0.6 is 0 Å². The van der Waals surface area contributed by atoms with Crippen molar-refractivity contribution in [3.05, 3.63) is 36.2 Å². The van der Waals surface area contributed by atoms with Crippen molar-refractivity contribution in [1.29, 1.82) is 0 Å². The van der Waals surface area contributed by atoms with Crippen LogP contribution in [0.5, 0.6) is 0 Å². The van der Waals surface area contributed by atoms with Gasteiger partial charge in [-0.2, -0.15) is 13.2 Å². The second kappa shape index (κ2) is 8.33. The van der Waals surface area contributed by atoms with E-state index in [4.69, 9.17) is 0 Å². The molecule has 27 heavy (non-hydrogen) atoms. The third-order valence-corrected chi connectivity index (χ3v) is 3.57. The van der Waals surface area contributed by atoms with Gasteiger partial charge in [0.1, 0.15) is 18.8 Å². The second-order valence-electron chi connectivity index (χ2n) is 6.16. The molecule has 2 heterocycles. The maximum Gasteiger partial charge on any atom is 0.405 e. The number of aromatic nitrogens is 2. The number of aliphatic hydroxyl groups excluding tert-OH is 1. The molecule has 1 aliphatic heterocycles. The molecule has 0 aliphatic carbocycles. The minimum Gasteiger partial charge on any atom is -0.370 e. The predicted molar refractivity (Wildman–Crippen MR) is 89.6 cm³/mol. The molecule has 2 rings (SSSR count). The summed E-state index contributed by atoms with van der Waals surface area (Å²) >= 11 is 0. The first-order valence-electron chi connectivity index (χ1n) is 8.03. The predicted octanol–water partition coefficient (Wildman–Crippen LogP) is 1.55. The molecule has 1 unspecified atom stereocenters. The quantitative estimate of drug-likeness (QED) is 0.551. The lowest BCUT2D eigenvalue weighted by Gasteiger charge is -2.23. The monoisotopic (exact) mass is 389 g/mol. The lowest BCUT2D eigenvalue weighted by atomic mass is 10.0. The first-order chi connectivity index (χ1) is 12.6. The van der Waals surface area contributed by atoms with E-state index in [0.717, 1.165) is 6.20 Å². The van der Waals surface area contributed by atoms with Crippen LogP contribution in [0.1, 0.15) is 19.7 Å². The molecule has 1 aromatic heterocycles. The summed E-state index contributed by atoms with van der Waals surface area (Å²) in [7, 11) is 0. The van der Waals surface area contributed by atoms with Gasteiger partial charge in [-0.3, -0.25) is 4.79 Å². The number of nitrogens with one attached hydrogen (secondary N) is 3. The van der Waals surface area contributed by atoms with E-state index >= 15 is 0 Å². The highest BCUT2D eigenvalue weighted by Crippen LogP contribution is 2.20. The van der Waals surface area contributed by atoms with Gasteiger partial charge in [0, 0.05) is 11.8 Å². The molecule has 0 spiro atoms. The normalized spacial score (nSPS) is 17.9. The van der Waals surface area contributed by atoms with E-state index in [9.17, 15) is 27.5 Å². The van der Waals surface area contributed by atoms with Gasteiger partial charge in [-0.25, -0.2) is 14.4 Å². The van der Waals surface area contributed by atoms with E-state index in [-0.39, 0.29) is 11.6 Å². The van der Waals surface area contributed by atoms with Crippen molar-refractivity contribution in [2.45, 2.75) is 32.3 Å². The number of dihydropyridines is 1. The zero-order chi connectivity index (χ0) is 20.2. The fourth-order valence-corrected chi connectivity index (χ4v) is 2.20. The molecule has 0 saturated carbocycles. The maximum absolute atomic E-state index is 14.1. The Morgan fingerprint density at radius 1 is 1.41 bits per heavy atom. The van der Waals surface area contributed by atoms with Crippen molar-refractivity contribution >= 4 is 17.3 Å². The Morgan fingerprint density at radius 3 is 2.67 bits per heavy atom. The number of hydrogen-bond donors (Lipinski definition) is 4. The van der Waals surface area contributed by atoms with Crippen molar-refractivity contribution in [3.8, 4) is 0 Å². The van der Waals surface area contributed by atoms with Gasteiger partial charge < -0.3 is 21.1 Å². The van der Waals surface area contributed by atoms with E-state index in [1.165, 1.54) is 18.4 Å². The van der Waals surface area contributed by atoms with E-state index in [1.807, 2.05) is 0 Å². The molecule has 11 heteroatoms. The lowest BCUT2D eigenvalue weighted by Crippen LogP contribution is -2.46. The van der Waals surface area contributed by atoms with Crippen LogP contribution in [0.25, 0.3) is 5.57 Å². The summed E-state index contributed by atoms with van der Waals surface area (Å²) in [5.41, 5.74) is 0.450. The molecule has 0 aromatic carbocycles. The number of amides is 1. The second-order valence-corrected chi connectivity index (χ2v) is 6.16. The number of carbonyl (C=O) groups is 1. The largest absolute Gasteiger partial charge is 0.405 e. The van der Waals surface area contributed by atoms with Crippen molar-refractivity contribution in [1.82, 2.24) is 20.6 Å². The average molecular weight is 389 g/mol. The summed E-state index contributed by atoms with van der Waals surface area (Å²) in [4.78, 5) is 19.9. The molecule has 7 nitrogen and oxygen atoms in total. The van der Waals surface area contributed by atoms with Gasteiger partial charge in [-0.15, -0.1) is 0 Å². The van der Waals surface area contributed by atoms with E-state index in [1.54, 1.807) is 19.2 Å². The number of halogens is 4. The lowest BCUT2D eigenvalue weighted by molar-refractivity contribution is -0.139. The van der Waals surface area contributed by atoms with Crippen LogP contribution in [0.3, 0.4) is 0 Å². The average Bonchev–Trinajstić information content (AvgIpc) is 2.59. The molecule has 0 saturated heterocycles. The number of aliphatic hydroxyl groups is 1. The van der Waals surface area contributed by atoms with Gasteiger partial charge in [0.25, 0.3) is 0 Å². The number of allylic oxidation sites excluding steroid dienone is 2. The zero-order valence-corrected chi connectivity index (χ0v) is 14.5. The van der Waals surface area contributed by atoms with Gasteiger partial charge >= 0.3 is 6.18 Å². The molecular formula is C16H19F4N5O2. The SMILES string of the molecule is CC(C)[C@@H](Nc1nc(C2=CNC(O)C=C2)ncc1F)C(=O)NCC(F)(F)F. The number of alkyl halides is 3. The first kappa shape index (κ1) is 20.6. The summed E-state index contributed by atoms with van der Waals surface area (Å²) in [6, 6.07) is -1.14. The van der Waals surface area contributed by atoms with Crippen LogP contribution in [-0.2, 0) is 4.79 Å². The van der Waals surface area contributed by atoms with Crippen LogP contribution in [0, 0.1) is 11.7 Å². The van der Waals surface area contributed by atoms with Gasteiger partial charge in [0.15, 0.2) is 17.5 Å². The van der Waals surface area contributed by atoms with Crippen LogP contribution in [-0.4, -0.2) is 46.0 Å². The Kier molecular flexibility index (Phi) is 6.37. The summed E-state index contributed by atoms with van der Waals surface area (Å²) in [5, 5.41) is 16.3. The molecular weight excluding hydrogens is 370 g/mol. The fraction of sp³-hybridized carbons (Fsp3) is 0.438. The van der Waals surface area contributed by atoms with Gasteiger partial charge in [0.2, 0.25) is 5.91 Å². The number of carbonyl (C=O) groups excluding carboxylic acids is 1. The van der Waals surface area contributed by atoms with Gasteiger partial charge in [0.05, 0.1) is 6.20 Å². The Hall–Kier alpha value is -2.69. The Morgan fingerprint density at radius 2 is 2.11 bits per heavy atom. The van der Waals surface area contributed by atoms with Crippen LogP contribution in [0.2, 0.25) is 0 Å². The molecule has 1 aliphatic rings.